The molecule has 1 heterocycles. The number of benzene rings is 1. The molecule has 0 aromatic heterocycles. The van der Waals surface area contributed by atoms with Gasteiger partial charge in [-0.05, 0) is 19.1 Å². The second-order valence-corrected chi connectivity index (χ2v) is 5.59. The zero-order chi connectivity index (χ0) is 18.4. The lowest BCUT2D eigenvalue weighted by Crippen LogP contribution is -2.53. The number of ether oxygens (including phenoxy) is 2. The molecule has 1 aliphatic rings. The molecule has 136 valence electrons. The molecule has 0 radical (unpaired) electrons. The number of nitro benzene ring substituents is 1. The zero-order valence-corrected chi connectivity index (χ0v) is 14.4. The average Bonchev–Trinajstić information content (AvgIpc) is 2.59. The maximum atomic E-state index is 12.9. The molecule has 1 aromatic carbocycles. The van der Waals surface area contributed by atoms with Gasteiger partial charge in [-0.2, -0.15) is 0 Å². The van der Waals surface area contributed by atoms with Gasteiger partial charge in [0.15, 0.2) is 0 Å². The Kier molecular flexibility index (Phi) is 6.68. The molecule has 1 amide bonds. The van der Waals surface area contributed by atoms with Crippen molar-refractivity contribution in [1.29, 1.82) is 0 Å². The normalized spacial score (nSPS) is 14.8. The fraction of sp³-hybridized carbons (Fsp3) is 0.467. The molecule has 0 saturated carbocycles. The molecule has 25 heavy (non-hydrogen) atoms. The molecule has 1 saturated heterocycles. The van der Waals surface area contributed by atoms with Gasteiger partial charge in [0.1, 0.15) is 12.1 Å². The van der Waals surface area contributed by atoms with Crippen LogP contribution in [0.5, 0.6) is 0 Å². The van der Waals surface area contributed by atoms with E-state index in [9.17, 15) is 19.7 Å². The van der Waals surface area contributed by atoms with Crippen molar-refractivity contribution in [3.63, 3.8) is 0 Å². The minimum Gasteiger partial charge on any atom is -0.465 e. The highest BCUT2D eigenvalue weighted by molar-refractivity contribution is 6.31. The van der Waals surface area contributed by atoms with E-state index in [1.54, 1.807) is 11.9 Å². The lowest BCUT2D eigenvalue weighted by molar-refractivity contribution is -0.385. The van der Waals surface area contributed by atoms with Crippen LogP contribution >= 0.6 is 11.6 Å². The van der Waals surface area contributed by atoms with Crippen LogP contribution in [0.15, 0.2) is 18.2 Å². The molecule has 9 nitrogen and oxygen atoms in total. The monoisotopic (exact) mass is 371 g/mol. The largest absolute Gasteiger partial charge is 0.465 e. The van der Waals surface area contributed by atoms with Gasteiger partial charge >= 0.3 is 5.97 Å². The van der Waals surface area contributed by atoms with Gasteiger partial charge in [0, 0.05) is 24.2 Å². The second kappa shape index (κ2) is 8.75. The molecule has 0 spiro atoms. The summed E-state index contributed by atoms with van der Waals surface area (Å²) >= 11 is 5.89. The van der Waals surface area contributed by atoms with E-state index < -0.39 is 16.8 Å². The highest BCUT2D eigenvalue weighted by Crippen LogP contribution is 2.25. The lowest BCUT2D eigenvalue weighted by atomic mass is 10.1. The Bertz CT molecular complexity index is 663. The maximum absolute atomic E-state index is 12.9. The number of esters is 1. The van der Waals surface area contributed by atoms with Gasteiger partial charge in [-0.25, -0.2) is 5.01 Å². The summed E-state index contributed by atoms with van der Waals surface area (Å²) < 4.78 is 10.1. The SMILES string of the molecule is CCOC(=O)CN(C(=O)c1cc(Cl)ccc1[N+](=O)[O-])N1CCOCC1. The minimum atomic E-state index is -0.691. The summed E-state index contributed by atoms with van der Waals surface area (Å²) in [4.78, 5) is 35.4. The number of amides is 1. The predicted octanol–water partition coefficient (Wildman–Crippen LogP) is 1.50. The first-order chi connectivity index (χ1) is 11.9. The Morgan fingerprint density at radius 1 is 1.40 bits per heavy atom. The summed E-state index contributed by atoms with van der Waals surface area (Å²) in [6.07, 6.45) is 0. The van der Waals surface area contributed by atoms with Crippen LogP contribution in [0, 0.1) is 10.1 Å². The van der Waals surface area contributed by atoms with E-state index in [1.165, 1.54) is 12.1 Å². The first-order valence-corrected chi connectivity index (χ1v) is 8.06. The average molecular weight is 372 g/mol. The fourth-order valence-corrected chi connectivity index (χ4v) is 2.57. The molecule has 0 N–H and O–H groups in total. The number of hydrogen-bond acceptors (Lipinski definition) is 7. The summed E-state index contributed by atoms with van der Waals surface area (Å²) in [6, 6.07) is 3.72. The van der Waals surface area contributed by atoms with Crippen LogP contribution < -0.4 is 0 Å². The van der Waals surface area contributed by atoms with E-state index in [-0.39, 0.29) is 29.4 Å². The first kappa shape index (κ1) is 19.1. The third-order valence-corrected chi connectivity index (χ3v) is 3.77. The second-order valence-electron chi connectivity index (χ2n) is 5.15. The third-order valence-electron chi connectivity index (χ3n) is 3.53. The molecule has 10 heteroatoms. The molecule has 0 unspecified atom stereocenters. The van der Waals surface area contributed by atoms with E-state index >= 15 is 0 Å². The molecular formula is C15H18ClN3O6. The van der Waals surface area contributed by atoms with Crippen molar-refractivity contribution in [2.75, 3.05) is 39.5 Å². The molecule has 0 atom stereocenters. The van der Waals surface area contributed by atoms with Crippen LogP contribution in [0.3, 0.4) is 0 Å². The number of nitrogens with zero attached hydrogens (tertiary/aromatic N) is 3. The number of halogens is 1. The van der Waals surface area contributed by atoms with Gasteiger partial charge in [-0.15, -0.1) is 0 Å². The quantitative estimate of drug-likeness (QED) is 0.424. The van der Waals surface area contributed by atoms with Crippen LogP contribution in [-0.2, 0) is 14.3 Å². The van der Waals surface area contributed by atoms with Crippen molar-refractivity contribution in [1.82, 2.24) is 10.0 Å². The van der Waals surface area contributed by atoms with Crippen LogP contribution in [0.1, 0.15) is 17.3 Å². The van der Waals surface area contributed by atoms with Crippen LogP contribution in [0.25, 0.3) is 0 Å². The van der Waals surface area contributed by atoms with Gasteiger partial charge in [-0.1, -0.05) is 11.6 Å². The molecule has 1 aromatic rings. The molecule has 0 bridgehead atoms. The Morgan fingerprint density at radius 2 is 2.08 bits per heavy atom. The van der Waals surface area contributed by atoms with E-state index in [2.05, 4.69) is 0 Å². The Balaban J connectivity index is 2.35. The summed E-state index contributed by atoms with van der Waals surface area (Å²) in [6.45, 7) is 2.98. The van der Waals surface area contributed by atoms with E-state index in [0.29, 0.717) is 26.3 Å². The van der Waals surface area contributed by atoms with Crippen LogP contribution in [0.2, 0.25) is 5.02 Å². The standard InChI is InChI=1S/C15H18ClN3O6/c1-2-25-14(20)10-18(17-5-7-24-8-6-17)15(21)12-9-11(16)3-4-13(12)19(22)23/h3-4,9H,2,5-8,10H2,1H3. The Labute approximate surface area is 149 Å². The first-order valence-electron chi connectivity index (χ1n) is 7.68. The van der Waals surface area contributed by atoms with Crippen molar-refractivity contribution in [3.05, 3.63) is 38.9 Å². The fourth-order valence-electron chi connectivity index (χ4n) is 2.40. The zero-order valence-electron chi connectivity index (χ0n) is 13.6. The van der Waals surface area contributed by atoms with Crippen LogP contribution in [-0.4, -0.2) is 66.3 Å². The Morgan fingerprint density at radius 3 is 2.68 bits per heavy atom. The number of carbonyl (C=O) groups excluding carboxylic acids is 2. The number of hydrazine groups is 1. The van der Waals surface area contributed by atoms with Gasteiger partial charge in [0.2, 0.25) is 0 Å². The molecule has 0 aliphatic carbocycles. The van der Waals surface area contributed by atoms with Crippen molar-refractivity contribution >= 4 is 29.2 Å². The predicted molar refractivity (Wildman–Crippen MR) is 88.2 cm³/mol. The van der Waals surface area contributed by atoms with Gasteiger partial charge < -0.3 is 9.47 Å². The maximum Gasteiger partial charge on any atom is 0.327 e. The molecule has 1 fully saturated rings. The van der Waals surface area contributed by atoms with Crippen molar-refractivity contribution in [3.8, 4) is 0 Å². The summed E-state index contributed by atoms with van der Waals surface area (Å²) in [5, 5.41) is 14.2. The van der Waals surface area contributed by atoms with Crippen molar-refractivity contribution < 1.29 is 24.0 Å². The van der Waals surface area contributed by atoms with Gasteiger partial charge in [0.25, 0.3) is 11.6 Å². The lowest BCUT2D eigenvalue weighted by Gasteiger charge is -2.36. The Hall–Kier alpha value is -2.23. The highest BCUT2D eigenvalue weighted by Gasteiger charge is 2.31. The van der Waals surface area contributed by atoms with Gasteiger partial charge in [0.05, 0.1) is 24.7 Å². The van der Waals surface area contributed by atoms with E-state index in [0.717, 1.165) is 11.1 Å². The van der Waals surface area contributed by atoms with Crippen LogP contribution in [0.4, 0.5) is 5.69 Å². The van der Waals surface area contributed by atoms with E-state index in [1.807, 2.05) is 0 Å². The summed E-state index contributed by atoms with van der Waals surface area (Å²) in [5.74, 6) is -1.30. The highest BCUT2D eigenvalue weighted by atomic mass is 35.5. The molecule has 1 aliphatic heterocycles. The smallest absolute Gasteiger partial charge is 0.327 e. The number of carbonyl (C=O) groups is 2. The summed E-state index contributed by atoms with van der Waals surface area (Å²) in [7, 11) is 0. The topological polar surface area (TPSA) is 102 Å². The number of hydrogen-bond donors (Lipinski definition) is 0. The van der Waals surface area contributed by atoms with Crippen molar-refractivity contribution in [2.45, 2.75) is 6.92 Å². The summed E-state index contributed by atoms with van der Waals surface area (Å²) in [5.41, 5.74) is -0.565. The van der Waals surface area contributed by atoms with Gasteiger partial charge in [-0.3, -0.25) is 24.7 Å². The third kappa shape index (κ3) is 4.88. The molecule has 2 rings (SSSR count). The molecular weight excluding hydrogens is 354 g/mol. The van der Waals surface area contributed by atoms with Crippen molar-refractivity contribution in [2.24, 2.45) is 0 Å². The number of nitro groups is 1. The van der Waals surface area contributed by atoms with E-state index in [4.69, 9.17) is 21.1 Å². The number of rotatable bonds is 6. The minimum absolute atomic E-state index is 0.168. The number of morpholine rings is 1.